The summed E-state index contributed by atoms with van der Waals surface area (Å²) in [5.74, 6) is -0.234. The van der Waals surface area contributed by atoms with Crippen LogP contribution in [0.1, 0.15) is 96.5 Å². The van der Waals surface area contributed by atoms with E-state index in [1.54, 1.807) is 6.07 Å². The van der Waals surface area contributed by atoms with Crippen molar-refractivity contribution in [3.63, 3.8) is 0 Å². The largest absolute Gasteiger partial charge is 0.490 e. The Kier molecular flexibility index (Phi) is 10.7. The van der Waals surface area contributed by atoms with Crippen molar-refractivity contribution in [3.05, 3.63) is 29.3 Å². The molecule has 1 aliphatic carbocycles. The van der Waals surface area contributed by atoms with Gasteiger partial charge in [-0.15, -0.1) is 0 Å². The van der Waals surface area contributed by atoms with Crippen LogP contribution in [0.2, 0.25) is 0 Å². The molecule has 5 heteroatoms. The summed E-state index contributed by atoms with van der Waals surface area (Å²) >= 11 is 0. The van der Waals surface area contributed by atoms with Crippen molar-refractivity contribution >= 4 is 0 Å². The Morgan fingerprint density at radius 3 is 2.38 bits per heavy atom. The first-order valence-corrected chi connectivity index (χ1v) is 12.9. The van der Waals surface area contributed by atoms with Crippen molar-refractivity contribution in [1.29, 1.82) is 0 Å². The topological polar surface area (TPSA) is 27.7 Å². The lowest BCUT2D eigenvalue weighted by atomic mass is 9.76. The predicted octanol–water partition coefficient (Wildman–Crippen LogP) is 7.59. The molecule has 3 nitrogen and oxygen atoms in total. The van der Waals surface area contributed by atoms with Gasteiger partial charge in [-0.05, 0) is 56.1 Å². The summed E-state index contributed by atoms with van der Waals surface area (Å²) in [6.07, 6.45) is 14.6. The van der Waals surface area contributed by atoms with Gasteiger partial charge in [0.25, 0.3) is 0 Å². The molecule has 2 atom stereocenters. The lowest BCUT2D eigenvalue weighted by Gasteiger charge is -2.37. The molecule has 0 bridgehead atoms. The number of unbranched alkanes of at least 4 members (excludes halogenated alkanes) is 3. The van der Waals surface area contributed by atoms with Gasteiger partial charge >= 0.3 is 0 Å². The first-order chi connectivity index (χ1) is 15.6. The Bertz CT molecular complexity index is 665. The Morgan fingerprint density at radius 2 is 1.69 bits per heavy atom. The number of hydrogen-bond donors (Lipinski definition) is 0. The van der Waals surface area contributed by atoms with Crippen molar-refractivity contribution < 1.29 is 23.0 Å². The Morgan fingerprint density at radius 1 is 0.906 bits per heavy atom. The van der Waals surface area contributed by atoms with Gasteiger partial charge < -0.3 is 14.2 Å². The highest BCUT2D eigenvalue weighted by molar-refractivity contribution is 5.30. The second-order valence-corrected chi connectivity index (χ2v) is 9.71. The molecule has 2 unspecified atom stereocenters. The fourth-order valence-corrected chi connectivity index (χ4v) is 5.11. The van der Waals surface area contributed by atoms with Crippen LogP contribution in [0.15, 0.2) is 12.1 Å². The van der Waals surface area contributed by atoms with Crippen LogP contribution in [0.25, 0.3) is 0 Å². The summed E-state index contributed by atoms with van der Waals surface area (Å²) in [7, 11) is 0. The van der Waals surface area contributed by atoms with Crippen LogP contribution in [0.3, 0.4) is 0 Å². The molecule has 0 N–H and O–H groups in total. The first kappa shape index (κ1) is 25.4. The number of benzene rings is 1. The number of halogens is 2. The lowest BCUT2D eigenvalue weighted by Crippen LogP contribution is -2.37. The highest BCUT2D eigenvalue weighted by Gasteiger charge is 2.32. The molecule has 2 fully saturated rings. The van der Waals surface area contributed by atoms with Gasteiger partial charge in [0.1, 0.15) is 0 Å². The second kappa shape index (κ2) is 13.5. The summed E-state index contributed by atoms with van der Waals surface area (Å²) in [6.45, 7) is 5.29. The minimum atomic E-state index is -0.924. The third-order valence-corrected chi connectivity index (χ3v) is 7.26. The van der Waals surface area contributed by atoms with Crippen LogP contribution >= 0.6 is 0 Å². The second-order valence-electron chi connectivity index (χ2n) is 9.71. The van der Waals surface area contributed by atoms with Gasteiger partial charge in [-0.25, -0.2) is 4.39 Å². The minimum Gasteiger partial charge on any atom is -0.490 e. The van der Waals surface area contributed by atoms with Crippen LogP contribution in [0.4, 0.5) is 8.78 Å². The molecule has 0 spiro atoms. The third kappa shape index (κ3) is 7.41. The average molecular weight is 453 g/mol. The van der Waals surface area contributed by atoms with E-state index in [2.05, 4.69) is 6.92 Å². The van der Waals surface area contributed by atoms with Gasteiger partial charge in [-0.2, -0.15) is 4.39 Å². The van der Waals surface area contributed by atoms with Crippen molar-refractivity contribution in [1.82, 2.24) is 0 Å². The maximum Gasteiger partial charge on any atom is 0.200 e. The van der Waals surface area contributed by atoms with Crippen LogP contribution in [0.5, 0.6) is 5.75 Å². The van der Waals surface area contributed by atoms with Crippen LogP contribution in [0, 0.1) is 23.5 Å². The normalized spacial score (nSPS) is 26.2. The molecular formula is C27H42F2O3. The third-order valence-electron chi connectivity index (χ3n) is 7.26. The number of hydrogen-bond acceptors (Lipinski definition) is 3. The summed E-state index contributed by atoms with van der Waals surface area (Å²) in [5.41, 5.74) is 0.230. The minimum absolute atomic E-state index is 0.0244. The number of rotatable bonds is 12. The standard InChI is InChI=1S/C27H42F2O3/c1-3-5-7-8-20-9-11-21(12-10-20)24-16-14-23(19-32-24)31-18-22-13-15-25(27(29)26(22)28)30-17-6-4-2/h13,15,20-21,23-24H,3-12,14,16-19H2,1-2H3. The van der Waals surface area contributed by atoms with Crippen molar-refractivity contribution in [2.45, 2.75) is 110 Å². The van der Waals surface area contributed by atoms with E-state index in [1.165, 1.54) is 57.4 Å². The van der Waals surface area contributed by atoms with Gasteiger partial charge in [-0.1, -0.05) is 58.8 Å². The molecule has 3 rings (SSSR count). The monoisotopic (exact) mass is 452 g/mol. The molecule has 1 heterocycles. The average Bonchev–Trinajstić information content (AvgIpc) is 2.82. The SMILES string of the molecule is CCCCCC1CCC(C2CCC(OCc3ccc(OCCCC)c(F)c3F)CO2)CC1. The summed E-state index contributed by atoms with van der Waals surface area (Å²) in [5, 5.41) is 0. The van der Waals surface area contributed by atoms with Crippen LogP contribution in [-0.2, 0) is 16.1 Å². The fraction of sp³-hybridized carbons (Fsp3) is 0.778. The van der Waals surface area contributed by atoms with E-state index < -0.39 is 11.6 Å². The molecule has 0 amide bonds. The van der Waals surface area contributed by atoms with Gasteiger partial charge in [0.2, 0.25) is 5.82 Å². The molecule has 2 aliphatic rings. The predicted molar refractivity (Wildman–Crippen MR) is 124 cm³/mol. The molecule has 0 aromatic heterocycles. The zero-order valence-corrected chi connectivity index (χ0v) is 20.1. The summed E-state index contributed by atoms with van der Waals surface area (Å²) in [6, 6.07) is 3.06. The van der Waals surface area contributed by atoms with Crippen molar-refractivity contribution in [2.24, 2.45) is 11.8 Å². The van der Waals surface area contributed by atoms with Gasteiger partial charge in [0, 0.05) is 5.56 Å². The number of ether oxygens (including phenoxy) is 3. The van der Waals surface area contributed by atoms with Crippen LogP contribution in [-0.4, -0.2) is 25.4 Å². The summed E-state index contributed by atoms with van der Waals surface area (Å²) < 4.78 is 46.0. The Labute approximate surface area is 193 Å². The fourth-order valence-electron chi connectivity index (χ4n) is 5.11. The van der Waals surface area contributed by atoms with E-state index in [0.29, 0.717) is 25.2 Å². The maximum absolute atomic E-state index is 14.4. The highest BCUT2D eigenvalue weighted by atomic mass is 19.2. The first-order valence-electron chi connectivity index (χ1n) is 12.9. The maximum atomic E-state index is 14.4. The van der Waals surface area contributed by atoms with E-state index >= 15 is 0 Å². The zero-order valence-electron chi connectivity index (χ0n) is 20.1. The molecule has 32 heavy (non-hydrogen) atoms. The highest BCUT2D eigenvalue weighted by Crippen LogP contribution is 2.37. The lowest BCUT2D eigenvalue weighted by molar-refractivity contribution is -0.112. The Hall–Kier alpha value is -1.20. The van der Waals surface area contributed by atoms with Crippen LogP contribution < -0.4 is 4.74 Å². The van der Waals surface area contributed by atoms with E-state index in [1.807, 2.05) is 6.92 Å². The van der Waals surface area contributed by atoms with Gasteiger partial charge in [0.05, 0.1) is 32.0 Å². The molecule has 1 saturated carbocycles. The van der Waals surface area contributed by atoms with Crippen molar-refractivity contribution in [3.8, 4) is 5.75 Å². The van der Waals surface area contributed by atoms with E-state index in [9.17, 15) is 8.78 Å². The molecule has 1 aromatic carbocycles. The molecular weight excluding hydrogens is 410 g/mol. The molecule has 1 aliphatic heterocycles. The van der Waals surface area contributed by atoms with E-state index in [0.717, 1.165) is 31.6 Å². The quantitative estimate of drug-likeness (QED) is 0.306. The zero-order chi connectivity index (χ0) is 22.8. The molecule has 182 valence electrons. The molecule has 0 radical (unpaired) electrons. The van der Waals surface area contributed by atoms with Crippen molar-refractivity contribution in [2.75, 3.05) is 13.2 Å². The van der Waals surface area contributed by atoms with E-state index in [-0.39, 0.29) is 24.0 Å². The Balaban J connectivity index is 1.37. The van der Waals surface area contributed by atoms with Gasteiger partial charge in [-0.3, -0.25) is 0 Å². The van der Waals surface area contributed by atoms with Gasteiger partial charge in [0.15, 0.2) is 11.6 Å². The molecule has 1 aromatic rings. The summed E-state index contributed by atoms with van der Waals surface area (Å²) in [4.78, 5) is 0. The van der Waals surface area contributed by atoms with E-state index in [4.69, 9.17) is 14.2 Å². The molecule has 1 saturated heterocycles. The smallest absolute Gasteiger partial charge is 0.200 e.